The Kier molecular flexibility index (Phi) is 7.41. The molecule has 0 spiro atoms. The van der Waals surface area contributed by atoms with Crippen LogP contribution in [0.1, 0.15) is 25.0 Å². The number of hydrogen-bond acceptors (Lipinski definition) is 5. The highest BCUT2D eigenvalue weighted by molar-refractivity contribution is 7.25. The average Bonchev–Trinajstić information content (AvgIpc) is 3.93. The van der Waals surface area contributed by atoms with E-state index in [2.05, 4.69) is 172 Å². The zero-order valence-electron chi connectivity index (χ0n) is 32.4. The number of hydrogen-bond donors (Lipinski definition) is 0. The van der Waals surface area contributed by atoms with Crippen LogP contribution >= 0.6 is 11.3 Å². The van der Waals surface area contributed by atoms with Gasteiger partial charge in [0.2, 0.25) is 0 Å². The van der Waals surface area contributed by atoms with E-state index in [0.29, 0.717) is 17.5 Å². The number of aromatic nitrogens is 3. The van der Waals surface area contributed by atoms with E-state index in [1.54, 1.807) is 11.3 Å². The summed E-state index contributed by atoms with van der Waals surface area (Å²) in [5.41, 5.74) is 14.2. The number of furan rings is 1. The Bertz CT molecular complexity index is 3490. The van der Waals surface area contributed by atoms with E-state index in [4.69, 9.17) is 19.4 Å². The minimum atomic E-state index is -0.143. The second-order valence-corrected chi connectivity index (χ2v) is 17.0. The Balaban J connectivity index is 1.06. The van der Waals surface area contributed by atoms with E-state index in [9.17, 15) is 0 Å². The molecule has 0 N–H and O–H groups in total. The molecule has 0 radical (unpaired) electrons. The summed E-state index contributed by atoms with van der Waals surface area (Å²) >= 11 is 1.80. The summed E-state index contributed by atoms with van der Waals surface area (Å²) in [6.45, 7) is 4.68. The largest absolute Gasteiger partial charge is 0.456 e. The van der Waals surface area contributed by atoms with E-state index in [0.717, 1.165) is 55.3 Å². The maximum absolute atomic E-state index is 6.59. The lowest BCUT2D eigenvalue weighted by Crippen LogP contribution is -2.16. The van der Waals surface area contributed by atoms with Gasteiger partial charge >= 0.3 is 0 Å². The van der Waals surface area contributed by atoms with E-state index in [1.807, 2.05) is 18.2 Å². The predicted octanol–water partition coefficient (Wildman–Crippen LogP) is 14.8. The van der Waals surface area contributed by atoms with Gasteiger partial charge in [-0.2, -0.15) is 0 Å². The number of rotatable bonds is 5. The highest BCUT2D eigenvalue weighted by Gasteiger charge is 2.37. The second kappa shape index (κ2) is 12.9. The van der Waals surface area contributed by atoms with Crippen molar-refractivity contribution in [2.24, 2.45) is 0 Å². The van der Waals surface area contributed by atoms with Crippen molar-refractivity contribution in [1.82, 2.24) is 15.0 Å². The average molecular weight is 774 g/mol. The number of nitrogens with zero attached hydrogens (tertiary/aromatic N) is 3. The van der Waals surface area contributed by atoms with Gasteiger partial charge in [-0.1, -0.05) is 153 Å². The Morgan fingerprint density at radius 2 is 1.05 bits per heavy atom. The van der Waals surface area contributed by atoms with Crippen molar-refractivity contribution in [2.45, 2.75) is 19.3 Å². The second-order valence-electron chi connectivity index (χ2n) is 16.0. The van der Waals surface area contributed by atoms with E-state index in [-0.39, 0.29) is 5.41 Å². The van der Waals surface area contributed by atoms with Crippen molar-refractivity contribution >= 4 is 53.4 Å². The lowest BCUT2D eigenvalue weighted by Gasteiger charge is -2.24. The zero-order chi connectivity index (χ0) is 39.2. The van der Waals surface area contributed by atoms with Crippen molar-refractivity contribution in [3.63, 3.8) is 0 Å². The first kappa shape index (κ1) is 33.9. The lowest BCUT2D eigenvalue weighted by molar-refractivity contribution is 0.662. The first-order chi connectivity index (χ1) is 29.0. The maximum Gasteiger partial charge on any atom is 0.164 e. The predicted molar refractivity (Wildman–Crippen MR) is 245 cm³/mol. The smallest absolute Gasteiger partial charge is 0.164 e. The molecular formula is C54H35N3OS. The van der Waals surface area contributed by atoms with Crippen LogP contribution in [-0.4, -0.2) is 15.0 Å². The van der Waals surface area contributed by atoms with Crippen molar-refractivity contribution in [3.8, 4) is 67.5 Å². The molecule has 3 heterocycles. The summed E-state index contributed by atoms with van der Waals surface area (Å²) in [7, 11) is 0. The molecule has 3 aromatic heterocycles. The van der Waals surface area contributed by atoms with Crippen LogP contribution in [-0.2, 0) is 5.41 Å². The van der Waals surface area contributed by atoms with Crippen molar-refractivity contribution < 1.29 is 4.42 Å². The third-order valence-electron chi connectivity index (χ3n) is 12.1. The normalized spacial score (nSPS) is 13.1. The number of benzene rings is 8. The minimum absolute atomic E-state index is 0.143. The molecule has 4 nitrogen and oxygen atoms in total. The van der Waals surface area contributed by atoms with Crippen LogP contribution in [0.2, 0.25) is 0 Å². The molecule has 0 aliphatic heterocycles. The van der Waals surface area contributed by atoms with E-state index < -0.39 is 0 Å². The third-order valence-corrected chi connectivity index (χ3v) is 13.3. The molecule has 5 heteroatoms. The summed E-state index contributed by atoms with van der Waals surface area (Å²) in [4.78, 5) is 15.8. The van der Waals surface area contributed by atoms with Gasteiger partial charge in [-0.05, 0) is 80.9 Å². The minimum Gasteiger partial charge on any atom is -0.456 e. The first-order valence-electron chi connectivity index (χ1n) is 20.0. The molecule has 11 aromatic rings. The topological polar surface area (TPSA) is 51.8 Å². The van der Waals surface area contributed by atoms with Crippen LogP contribution in [0, 0.1) is 0 Å². The molecule has 278 valence electrons. The highest BCUT2D eigenvalue weighted by atomic mass is 32.1. The van der Waals surface area contributed by atoms with Gasteiger partial charge in [0.1, 0.15) is 11.2 Å². The molecule has 0 saturated carbocycles. The van der Waals surface area contributed by atoms with E-state index >= 15 is 0 Å². The van der Waals surface area contributed by atoms with Crippen LogP contribution in [0.4, 0.5) is 0 Å². The van der Waals surface area contributed by atoms with Gasteiger partial charge in [-0.25, -0.2) is 15.0 Å². The SMILES string of the molecule is CC1(C)c2ccccc2-c2cccc(-c3ccc4oc5cccc(-c6nc(-c7cccc(-c8ccccc8)c7)nc(-c7ccc8c(c7)sc7ccccc78)n6)c5c4c3)c21. The van der Waals surface area contributed by atoms with Crippen LogP contribution in [0.3, 0.4) is 0 Å². The molecule has 0 atom stereocenters. The van der Waals surface area contributed by atoms with Gasteiger partial charge in [-0.3, -0.25) is 0 Å². The van der Waals surface area contributed by atoms with Crippen LogP contribution in [0.5, 0.6) is 0 Å². The Morgan fingerprint density at radius 3 is 1.95 bits per heavy atom. The molecular weight excluding hydrogens is 739 g/mol. The first-order valence-corrected chi connectivity index (χ1v) is 20.8. The molecule has 12 rings (SSSR count). The van der Waals surface area contributed by atoms with Gasteiger partial charge in [0.05, 0.1) is 0 Å². The Morgan fingerprint density at radius 1 is 0.407 bits per heavy atom. The summed E-state index contributed by atoms with van der Waals surface area (Å²) in [5.74, 6) is 1.84. The standard InChI is InChI=1S/C54H35N3OS/c1-54(2)44-22-8-6-17-38(44)41-20-11-19-37(50(41)54)34-26-28-45-43(30-34)49-42(21-12-23-46(49)58-45)53-56-51(35-16-10-15-33(29-35)32-13-4-3-5-14-32)55-52(57-53)36-25-27-40-39-18-7-9-24-47(39)59-48(40)31-36/h3-31H,1-2H3. The molecule has 0 fully saturated rings. The molecule has 1 aliphatic rings. The van der Waals surface area contributed by atoms with Gasteiger partial charge in [0.15, 0.2) is 17.5 Å². The van der Waals surface area contributed by atoms with Crippen molar-refractivity contribution in [3.05, 3.63) is 187 Å². The van der Waals surface area contributed by atoms with Crippen LogP contribution in [0.15, 0.2) is 180 Å². The Labute approximate surface area is 345 Å². The fraction of sp³-hybridized carbons (Fsp3) is 0.0556. The maximum atomic E-state index is 6.59. The fourth-order valence-electron chi connectivity index (χ4n) is 9.36. The molecule has 0 saturated heterocycles. The van der Waals surface area contributed by atoms with Gasteiger partial charge in [0, 0.05) is 53.1 Å². The summed E-state index contributed by atoms with van der Waals surface area (Å²) in [6, 6.07) is 62.4. The van der Waals surface area contributed by atoms with Crippen molar-refractivity contribution in [1.29, 1.82) is 0 Å². The zero-order valence-corrected chi connectivity index (χ0v) is 33.2. The lowest BCUT2D eigenvalue weighted by atomic mass is 9.79. The molecule has 0 unspecified atom stereocenters. The molecule has 0 bridgehead atoms. The summed E-state index contributed by atoms with van der Waals surface area (Å²) in [5, 5.41) is 4.52. The molecule has 0 amide bonds. The third kappa shape index (κ3) is 5.32. The summed E-state index contributed by atoms with van der Waals surface area (Å²) < 4.78 is 9.06. The quantitative estimate of drug-likeness (QED) is 0.175. The Hall–Kier alpha value is -7.21. The molecule has 59 heavy (non-hydrogen) atoms. The monoisotopic (exact) mass is 773 g/mol. The summed E-state index contributed by atoms with van der Waals surface area (Å²) in [6.07, 6.45) is 0. The van der Waals surface area contributed by atoms with Crippen LogP contribution in [0.25, 0.3) is 110 Å². The molecule has 8 aromatic carbocycles. The van der Waals surface area contributed by atoms with Crippen molar-refractivity contribution in [2.75, 3.05) is 0 Å². The fourth-order valence-corrected chi connectivity index (χ4v) is 10.5. The molecule has 1 aliphatic carbocycles. The van der Waals surface area contributed by atoms with Gasteiger partial charge in [-0.15, -0.1) is 11.3 Å². The number of thiophene rings is 1. The van der Waals surface area contributed by atoms with Crippen LogP contribution < -0.4 is 0 Å². The highest BCUT2D eigenvalue weighted by Crippen LogP contribution is 2.52. The van der Waals surface area contributed by atoms with E-state index in [1.165, 1.54) is 48.0 Å². The van der Waals surface area contributed by atoms with Gasteiger partial charge < -0.3 is 4.42 Å². The number of fused-ring (bicyclic) bond motifs is 9. The van der Waals surface area contributed by atoms with Gasteiger partial charge in [0.25, 0.3) is 0 Å².